The van der Waals surface area contributed by atoms with E-state index in [1.54, 1.807) is 6.08 Å². The van der Waals surface area contributed by atoms with Crippen LogP contribution in [0.25, 0.3) is 6.08 Å². The summed E-state index contributed by atoms with van der Waals surface area (Å²) in [5.41, 5.74) is 0.675. The Morgan fingerprint density at radius 3 is 2.31 bits per heavy atom. The summed E-state index contributed by atoms with van der Waals surface area (Å²) in [6.45, 7) is 0. The van der Waals surface area contributed by atoms with Gasteiger partial charge in [0.2, 0.25) is 0 Å². The smallest absolute Gasteiger partial charge is 0.152 e. The summed E-state index contributed by atoms with van der Waals surface area (Å²) in [5.74, 6) is -0.141. The molecule has 0 unspecified atom stereocenters. The van der Waals surface area contributed by atoms with Crippen LogP contribution in [0.4, 0.5) is 0 Å². The fourth-order valence-electron chi connectivity index (χ4n) is 0.815. The molecule has 0 atom stereocenters. The molecule has 66 valence electrons. The van der Waals surface area contributed by atoms with Crippen molar-refractivity contribution in [3.63, 3.8) is 0 Å². The van der Waals surface area contributed by atoms with Crippen molar-refractivity contribution in [2.45, 2.75) is 0 Å². The Hall–Kier alpha value is -1.17. The number of rotatable bonds is 1. The highest BCUT2D eigenvalue weighted by Crippen LogP contribution is 2.32. The van der Waals surface area contributed by atoms with Crippen molar-refractivity contribution >= 4 is 29.3 Å². The third-order valence-corrected chi connectivity index (χ3v) is 1.97. The highest BCUT2D eigenvalue weighted by molar-refractivity contribution is 6.37. The second-order valence-electron chi connectivity index (χ2n) is 2.30. The molecule has 0 aliphatic carbocycles. The molecule has 0 heterocycles. The lowest BCUT2D eigenvalue weighted by molar-refractivity contribution is 0.476. The van der Waals surface area contributed by atoms with Gasteiger partial charge in [-0.2, -0.15) is 5.26 Å². The van der Waals surface area contributed by atoms with Gasteiger partial charge >= 0.3 is 0 Å². The van der Waals surface area contributed by atoms with E-state index in [9.17, 15) is 5.11 Å². The quantitative estimate of drug-likeness (QED) is 0.729. The van der Waals surface area contributed by atoms with Crippen LogP contribution in [0.3, 0.4) is 0 Å². The van der Waals surface area contributed by atoms with E-state index in [4.69, 9.17) is 28.5 Å². The van der Waals surface area contributed by atoms with E-state index < -0.39 is 0 Å². The fourth-order valence-corrected chi connectivity index (χ4v) is 1.32. The van der Waals surface area contributed by atoms with Crippen molar-refractivity contribution in [3.8, 4) is 11.8 Å². The zero-order valence-electron chi connectivity index (χ0n) is 6.46. The van der Waals surface area contributed by atoms with E-state index in [1.807, 2.05) is 6.07 Å². The van der Waals surface area contributed by atoms with E-state index >= 15 is 0 Å². The Bertz CT molecular complexity index is 370. The van der Waals surface area contributed by atoms with Gasteiger partial charge in [-0.05, 0) is 23.8 Å². The molecule has 0 fully saturated rings. The molecule has 0 bridgehead atoms. The van der Waals surface area contributed by atoms with E-state index in [1.165, 1.54) is 18.2 Å². The molecule has 0 saturated heterocycles. The summed E-state index contributed by atoms with van der Waals surface area (Å²) in [5, 5.41) is 17.8. The Morgan fingerprint density at radius 1 is 1.31 bits per heavy atom. The molecule has 0 aliphatic rings. The van der Waals surface area contributed by atoms with Crippen molar-refractivity contribution in [1.82, 2.24) is 0 Å². The average molecular weight is 214 g/mol. The molecule has 0 aromatic heterocycles. The van der Waals surface area contributed by atoms with Gasteiger partial charge in [0.25, 0.3) is 0 Å². The molecule has 0 radical (unpaired) electrons. The number of nitrogens with zero attached hydrogens (tertiary/aromatic N) is 1. The van der Waals surface area contributed by atoms with Crippen molar-refractivity contribution in [1.29, 1.82) is 5.26 Å². The van der Waals surface area contributed by atoms with E-state index in [0.717, 1.165) is 0 Å². The van der Waals surface area contributed by atoms with Crippen LogP contribution in [0.1, 0.15) is 5.56 Å². The van der Waals surface area contributed by atoms with Crippen molar-refractivity contribution in [2.75, 3.05) is 0 Å². The third kappa shape index (κ3) is 2.38. The normalized spacial score (nSPS) is 10.2. The number of halogens is 2. The largest absolute Gasteiger partial charge is 0.505 e. The number of nitriles is 1. The molecule has 0 saturated carbocycles. The predicted molar refractivity (Wildman–Crippen MR) is 52.8 cm³/mol. The Morgan fingerprint density at radius 2 is 1.85 bits per heavy atom. The maximum absolute atomic E-state index is 9.20. The lowest BCUT2D eigenvalue weighted by atomic mass is 10.2. The Kier molecular flexibility index (Phi) is 3.18. The minimum atomic E-state index is -0.141. The summed E-state index contributed by atoms with van der Waals surface area (Å²) in [6.07, 6.45) is 2.86. The molecule has 0 aliphatic heterocycles. The molecular weight excluding hydrogens is 209 g/mol. The molecule has 4 heteroatoms. The zero-order chi connectivity index (χ0) is 9.84. The van der Waals surface area contributed by atoms with Crippen LogP contribution in [0, 0.1) is 11.3 Å². The van der Waals surface area contributed by atoms with Crippen LogP contribution in [0.5, 0.6) is 5.75 Å². The van der Waals surface area contributed by atoms with Gasteiger partial charge in [0.05, 0.1) is 16.1 Å². The molecule has 1 aromatic carbocycles. The fraction of sp³-hybridized carbons (Fsp3) is 0. The van der Waals surface area contributed by atoms with Gasteiger partial charge in [0.15, 0.2) is 5.75 Å². The third-order valence-electron chi connectivity index (χ3n) is 1.39. The second kappa shape index (κ2) is 4.18. The molecule has 0 amide bonds. The molecule has 1 rings (SSSR count). The van der Waals surface area contributed by atoms with Crippen molar-refractivity contribution in [3.05, 3.63) is 33.8 Å². The first kappa shape index (κ1) is 9.91. The number of aromatic hydroxyl groups is 1. The molecule has 2 nitrogen and oxygen atoms in total. The Balaban J connectivity index is 3.15. The lowest BCUT2D eigenvalue weighted by Crippen LogP contribution is -1.75. The Labute approximate surface area is 85.6 Å². The van der Waals surface area contributed by atoms with Gasteiger partial charge in [-0.1, -0.05) is 23.2 Å². The van der Waals surface area contributed by atoms with E-state index in [-0.39, 0.29) is 15.8 Å². The molecular formula is C9H5Cl2NO. The molecule has 1 aromatic rings. The number of phenols is 1. The van der Waals surface area contributed by atoms with Gasteiger partial charge in [0.1, 0.15) is 0 Å². The lowest BCUT2D eigenvalue weighted by Gasteiger charge is -2.00. The molecule has 1 N–H and O–H groups in total. The van der Waals surface area contributed by atoms with Crippen LogP contribution in [0.2, 0.25) is 10.0 Å². The summed E-state index contributed by atoms with van der Waals surface area (Å²) in [4.78, 5) is 0. The number of benzene rings is 1. The number of phenolic OH excluding ortho intramolecular Hbond substituents is 1. The average Bonchev–Trinajstić information content (AvgIpc) is 2.10. The number of hydrogen-bond acceptors (Lipinski definition) is 2. The van der Waals surface area contributed by atoms with Gasteiger partial charge < -0.3 is 5.11 Å². The maximum Gasteiger partial charge on any atom is 0.152 e. The second-order valence-corrected chi connectivity index (χ2v) is 3.11. The van der Waals surface area contributed by atoms with Crippen LogP contribution in [-0.2, 0) is 0 Å². The number of hydrogen-bond donors (Lipinski definition) is 1. The van der Waals surface area contributed by atoms with Gasteiger partial charge in [0, 0.05) is 6.08 Å². The maximum atomic E-state index is 9.20. The first-order valence-electron chi connectivity index (χ1n) is 3.39. The minimum absolute atomic E-state index is 0.141. The van der Waals surface area contributed by atoms with E-state index in [2.05, 4.69) is 0 Å². The summed E-state index contributed by atoms with van der Waals surface area (Å²) >= 11 is 11.3. The highest BCUT2D eigenvalue weighted by atomic mass is 35.5. The standard InChI is InChI=1S/C9H5Cl2NO/c10-7-4-6(2-1-3-12)5-8(11)9(7)13/h1-2,4-5,13H/b2-1+. The van der Waals surface area contributed by atoms with Gasteiger partial charge in [-0.25, -0.2) is 0 Å². The van der Waals surface area contributed by atoms with Gasteiger partial charge in [-0.15, -0.1) is 0 Å². The minimum Gasteiger partial charge on any atom is -0.505 e. The summed E-state index contributed by atoms with van der Waals surface area (Å²) in [7, 11) is 0. The first-order chi connectivity index (χ1) is 6.15. The van der Waals surface area contributed by atoms with Crippen molar-refractivity contribution < 1.29 is 5.11 Å². The van der Waals surface area contributed by atoms with Crippen LogP contribution >= 0.6 is 23.2 Å². The highest BCUT2D eigenvalue weighted by Gasteiger charge is 2.04. The predicted octanol–water partition coefficient (Wildman–Crippen LogP) is 3.24. The monoisotopic (exact) mass is 213 g/mol. The van der Waals surface area contributed by atoms with E-state index in [0.29, 0.717) is 5.56 Å². The van der Waals surface area contributed by atoms with Crippen LogP contribution in [-0.4, -0.2) is 5.11 Å². The summed E-state index contributed by atoms with van der Waals surface area (Å²) < 4.78 is 0. The van der Waals surface area contributed by atoms with Gasteiger partial charge in [-0.3, -0.25) is 0 Å². The number of allylic oxidation sites excluding steroid dienone is 1. The zero-order valence-corrected chi connectivity index (χ0v) is 7.97. The van der Waals surface area contributed by atoms with Crippen LogP contribution in [0.15, 0.2) is 18.2 Å². The topological polar surface area (TPSA) is 44.0 Å². The first-order valence-corrected chi connectivity index (χ1v) is 4.15. The molecule has 0 spiro atoms. The van der Waals surface area contributed by atoms with Crippen LogP contribution < -0.4 is 0 Å². The molecule has 13 heavy (non-hydrogen) atoms. The summed E-state index contributed by atoms with van der Waals surface area (Å²) in [6, 6.07) is 4.89. The van der Waals surface area contributed by atoms with Crippen molar-refractivity contribution in [2.24, 2.45) is 0 Å². The SMILES string of the molecule is N#C/C=C/c1cc(Cl)c(O)c(Cl)c1.